The first-order valence-corrected chi connectivity index (χ1v) is 7.27. The molecule has 4 nitrogen and oxygen atoms in total. The summed E-state index contributed by atoms with van der Waals surface area (Å²) in [5, 5.41) is 8.78. The van der Waals surface area contributed by atoms with Crippen LogP contribution in [0.2, 0.25) is 5.02 Å². The highest BCUT2D eigenvalue weighted by Crippen LogP contribution is 2.20. The van der Waals surface area contributed by atoms with Gasteiger partial charge in [-0.05, 0) is 47.6 Å². The van der Waals surface area contributed by atoms with Gasteiger partial charge < -0.3 is 0 Å². The van der Waals surface area contributed by atoms with Gasteiger partial charge in [0.15, 0.2) is 5.78 Å². The number of halogens is 2. The average molecular weight is 346 g/mol. The van der Waals surface area contributed by atoms with Crippen LogP contribution in [0.4, 0.5) is 4.39 Å². The van der Waals surface area contributed by atoms with Crippen molar-refractivity contribution < 1.29 is 19.2 Å². The van der Waals surface area contributed by atoms with Crippen molar-refractivity contribution in [2.75, 3.05) is 0 Å². The molecule has 0 radical (unpaired) electrons. The molecule has 24 heavy (non-hydrogen) atoms. The fourth-order valence-electron chi connectivity index (χ4n) is 1.89. The molecule has 0 heterocycles. The van der Waals surface area contributed by atoms with E-state index in [2.05, 4.69) is 0 Å². The fourth-order valence-corrected chi connectivity index (χ4v) is 2.15. The number of hydrogen-bond donors (Lipinski definition) is 2. The molecular weight excluding hydrogens is 333 g/mol. The van der Waals surface area contributed by atoms with Crippen LogP contribution in [0.1, 0.15) is 21.5 Å². The van der Waals surface area contributed by atoms with Crippen molar-refractivity contribution in [3.63, 3.8) is 0 Å². The first kappa shape index (κ1) is 17.6. The number of nitrogens with one attached hydrogen (secondary N) is 1. The van der Waals surface area contributed by atoms with Crippen LogP contribution in [0.25, 0.3) is 12.2 Å². The Morgan fingerprint density at radius 3 is 2.54 bits per heavy atom. The Morgan fingerprint density at radius 1 is 1.08 bits per heavy atom. The van der Waals surface area contributed by atoms with Crippen LogP contribution in [0.5, 0.6) is 0 Å². The van der Waals surface area contributed by atoms with Crippen LogP contribution in [0, 0.1) is 5.82 Å². The van der Waals surface area contributed by atoms with Gasteiger partial charge in [0, 0.05) is 16.7 Å². The number of carbonyl (C=O) groups is 2. The van der Waals surface area contributed by atoms with Gasteiger partial charge in [0.2, 0.25) is 0 Å². The van der Waals surface area contributed by atoms with Crippen molar-refractivity contribution in [3.8, 4) is 0 Å². The number of ketones is 1. The quantitative estimate of drug-likeness (QED) is 0.374. The third-order valence-electron chi connectivity index (χ3n) is 3.09. The molecule has 0 saturated heterocycles. The van der Waals surface area contributed by atoms with E-state index in [1.807, 2.05) is 0 Å². The molecule has 6 heteroatoms. The third-order valence-corrected chi connectivity index (χ3v) is 3.41. The molecule has 0 aliphatic heterocycles. The number of hydrogen-bond acceptors (Lipinski definition) is 3. The highest BCUT2D eigenvalue weighted by Gasteiger charge is 2.04. The Hall–Kier alpha value is -2.76. The average Bonchev–Trinajstić information content (AvgIpc) is 2.58. The zero-order valence-corrected chi connectivity index (χ0v) is 13.1. The largest absolute Gasteiger partial charge is 0.289 e. The molecule has 0 unspecified atom stereocenters. The van der Waals surface area contributed by atoms with E-state index >= 15 is 0 Å². The molecule has 1 amide bonds. The Balaban J connectivity index is 2.14. The predicted molar refractivity (Wildman–Crippen MR) is 90.2 cm³/mol. The van der Waals surface area contributed by atoms with Gasteiger partial charge in [0.1, 0.15) is 5.82 Å². The van der Waals surface area contributed by atoms with Gasteiger partial charge in [-0.25, -0.2) is 9.87 Å². The van der Waals surface area contributed by atoms with Gasteiger partial charge in [-0.2, -0.15) is 0 Å². The lowest BCUT2D eigenvalue weighted by molar-refractivity contribution is -0.124. The van der Waals surface area contributed by atoms with Crippen molar-refractivity contribution in [1.82, 2.24) is 5.48 Å². The summed E-state index contributed by atoms with van der Waals surface area (Å²) in [6.07, 6.45) is 5.46. The zero-order valence-electron chi connectivity index (χ0n) is 12.4. The summed E-state index contributed by atoms with van der Waals surface area (Å²) in [7, 11) is 0. The Kier molecular flexibility index (Phi) is 6.01. The minimum atomic E-state index is -0.657. The normalized spacial score (nSPS) is 11.1. The van der Waals surface area contributed by atoms with E-state index in [1.165, 1.54) is 41.9 Å². The molecule has 0 fully saturated rings. The van der Waals surface area contributed by atoms with Gasteiger partial charge in [-0.15, -0.1) is 0 Å². The molecule has 2 aromatic carbocycles. The number of rotatable bonds is 5. The van der Waals surface area contributed by atoms with Crippen LogP contribution in [0.3, 0.4) is 0 Å². The fraction of sp³-hybridized carbons (Fsp3) is 0. The number of allylic oxidation sites excluding steroid dienone is 1. The molecule has 0 aliphatic carbocycles. The summed E-state index contributed by atoms with van der Waals surface area (Å²) in [5.74, 6) is -1.47. The summed E-state index contributed by atoms with van der Waals surface area (Å²) in [6, 6.07) is 10.4. The van der Waals surface area contributed by atoms with Crippen LogP contribution >= 0.6 is 11.6 Å². The minimum absolute atomic E-state index is 0.247. The van der Waals surface area contributed by atoms with E-state index in [-0.39, 0.29) is 11.3 Å². The smallest absolute Gasteiger partial charge is 0.267 e. The van der Waals surface area contributed by atoms with Gasteiger partial charge in [-0.1, -0.05) is 35.9 Å². The second-order valence-electron chi connectivity index (χ2n) is 4.80. The molecule has 0 atom stereocenters. The third kappa shape index (κ3) is 4.87. The maximum Gasteiger partial charge on any atom is 0.267 e. The van der Waals surface area contributed by atoms with Crippen molar-refractivity contribution in [2.45, 2.75) is 0 Å². The maximum absolute atomic E-state index is 13.1. The van der Waals surface area contributed by atoms with Gasteiger partial charge in [-0.3, -0.25) is 14.8 Å². The SMILES string of the molecule is O=C(/C=C/c1ccc(/C=C/C(=O)c2cccc(F)c2)c(Cl)c1)NO. The van der Waals surface area contributed by atoms with Gasteiger partial charge in [0.05, 0.1) is 0 Å². The van der Waals surface area contributed by atoms with E-state index in [0.29, 0.717) is 16.1 Å². The van der Waals surface area contributed by atoms with Crippen molar-refractivity contribution in [3.05, 3.63) is 82.1 Å². The zero-order chi connectivity index (χ0) is 17.5. The second kappa shape index (κ2) is 8.19. The van der Waals surface area contributed by atoms with Crippen molar-refractivity contribution in [1.29, 1.82) is 0 Å². The second-order valence-corrected chi connectivity index (χ2v) is 5.21. The molecule has 0 aliphatic rings. The lowest BCUT2D eigenvalue weighted by atomic mass is 10.1. The Morgan fingerprint density at radius 2 is 1.88 bits per heavy atom. The first-order valence-electron chi connectivity index (χ1n) is 6.89. The van der Waals surface area contributed by atoms with Crippen LogP contribution in [0.15, 0.2) is 54.6 Å². The molecule has 2 N–H and O–H groups in total. The molecule has 0 saturated carbocycles. The summed E-state index contributed by atoms with van der Waals surface area (Å²) in [5.41, 5.74) is 2.98. The maximum atomic E-state index is 13.1. The molecular formula is C18H13ClFNO3. The Bertz CT molecular complexity index is 831. The number of hydroxylamine groups is 1. The number of amides is 1. The summed E-state index contributed by atoms with van der Waals surface area (Å²) >= 11 is 6.13. The van der Waals surface area contributed by atoms with Crippen molar-refractivity contribution >= 4 is 35.4 Å². The van der Waals surface area contributed by atoms with Crippen molar-refractivity contribution in [2.24, 2.45) is 0 Å². The number of benzene rings is 2. The van der Waals surface area contributed by atoms with E-state index in [4.69, 9.17) is 16.8 Å². The van der Waals surface area contributed by atoms with Gasteiger partial charge in [0.25, 0.3) is 5.91 Å². The van der Waals surface area contributed by atoms with E-state index < -0.39 is 11.7 Å². The molecule has 0 aromatic heterocycles. The summed E-state index contributed by atoms with van der Waals surface area (Å²) in [4.78, 5) is 22.9. The van der Waals surface area contributed by atoms with Crippen LogP contribution in [-0.2, 0) is 4.79 Å². The molecule has 0 bridgehead atoms. The van der Waals surface area contributed by atoms with Crippen LogP contribution in [-0.4, -0.2) is 16.9 Å². The molecule has 2 rings (SSSR count). The highest BCUT2D eigenvalue weighted by atomic mass is 35.5. The molecule has 2 aromatic rings. The van der Waals surface area contributed by atoms with E-state index in [9.17, 15) is 14.0 Å². The molecule has 122 valence electrons. The first-order chi connectivity index (χ1) is 11.5. The lowest BCUT2D eigenvalue weighted by Gasteiger charge is -2.01. The van der Waals surface area contributed by atoms with Crippen LogP contribution < -0.4 is 5.48 Å². The molecule has 0 spiro atoms. The summed E-state index contributed by atoms with van der Waals surface area (Å²) < 4.78 is 13.1. The monoisotopic (exact) mass is 345 g/mol. The van der Waals surface area contributed by atoms with E-state index in [1.54, 1.807) is 18.2 Å². The standard InChI is InChI=1S/C18H13ClFNO3/c19-16-10-12(5-9-18(23)21-24)4-6-13(16)7-8-17(22)14-2-1-3-15(20)11-14/h1-11,24H,(H,21,23)/b8-7+,9-5+. The van der Waals surface area contributed by atoms with E-state index in [0.717, 1.165) is 12.1 Å². The lowest BCUT2D eigenvalue weighted by Crippen LogP contribution is -2.14. The number of carbonyl (C=O) groups excluding carboxylic acids is 2. The minimum Gasteiger partial charge on any atom is -0.289 e. The van der Waals surface area contributed by atoms with Gasteiger partial charge >= 0.3 is 0 Å². The highest BCUT2D eigenvalue weighted by molar-refractivity contribution is 6.32. The summed E-state index contributed by atoms with van der Waals surface area (Å²) in [6.45, 7) is 0. The predicted octanol–water partition coefficient (Wildman–Crippen LogP) is 3.89. The Labute approximate surface area is 142 Å². The topological polar surface area (TPSA) is 66.4 Å².